The molecule has 0 bridgehead atoms. The topological polar surface area (TPSA) is 22.1 Å². The van der Waals surface area contributed by atoms with E-state index in [-0.39, 0.29) is 6.61 Å². The summed E-state index contributed by atoms with van der Waals surface area (Å²) in [4.78, 5) is 4.34. The summed E-state index contributed by atoms with van der Waals surface area (Å²) in [5.74, 6) is 0.535. The Balaban J connectivity index is 1.95. The fraction of sp³-hybridized carbons (Fsp3) is 0.0625. The molecule has 3 aromatic rings. The summed E-state index contributed by atoms with van der Waals surface area (Å²) in [7, 11) is 0. The van der Waals surface area contributed by atoms with E-state index in [1.165, 1.54) is 0 Å². The normalized spacial score (nSPS) is 10.9. The fourth-order valence-electron chi connectivity index (χ4n) is 2.09. The smallest absolute Gasteiger partial charge is 0.138 e. The first-order chi connectivity index (χ1) is 10.5. The van der Waals surface area contributed by atoms with Gasteiger partial charge in [-0.25, -0.2) is 0 Å². The molecular formula is C16H9Cl4NO. The molecule has 112 valence electrons. The quantitative estimate of drug-likeness (QED) is 0.528. The van der Waals surface area contributed by atoms with Crippen molar-refractivity contribution in [3.63, 3.8) is 0 Å². The lowest BCUT2D eigenvalue weighted by atomic mass is 10.1. The molecule has 2 nitrogen and oxygen atoms in total. The summed E-state index contributed by atoms with van der Waals surface area (Å²) >= 11 is 24.2. The van der Waals surface area contributed by atoms with Crippen molar-refractivity contribution in [2.45, 2.75) is 6.61 Å². The predicted octanol–water partition coefficient (Wildman–Crippen LogP) is 6.43. The Hall–Kier alpha value is -1.19. The van der Waals surface area contributed by atoms with Crippen LogP contribution >= 0.6 is 46.4 Å². The van der Waals surface area contributed by atoms with Crippen LogP contribution in [0.2, 0.25) is 20.1 Å². The van der Waals surface area contributed by atoms with E-state index in [2.05, 4.69) is 4.98 Å². The minimum Gasteiger partial charge on any atom is -0.487 e. The van der Waals surface area contributed by atoms with Gasteiger partial charge in [0.1, 0.15) is 12.4 Å². The second-order valence-electron chi connectivity index (χ2n) is 4.61. The lowest BCUT2D eigenvalue weighted by molar-refractivity contribution is 0.308. The number of ether oxygens (including phenoxy) is 1. The van der Waals surface area contributed by atoms with Crippen molar-refractivity contribution >= 4 is 57.3 Å². The second kappa shape index (κ2) is 6.51. The van der Waals surface area contributed by atoms with E-state index in [0.717, 1.165) is 16.5 Å². The van der Waals surface area contributed by atoms with E-state index >= 15 is 0 Å². The van der Waals surface area contributed by atoms with E-state index in [1.54, 1.807) is 30.5 Å². The number of pyridine rings is 1. The first kappa shape index (κ1) is 15.7. The molecule has 6 heteroatoms. The van der Waals surface area contributed by atoms with Gasteiger partial charge in [-0.15, -0.1) is 0 Å². The lowest BCUT2D eigenvalue weighted by Crippen LogP contribution is -1.99. The second-order valence-corrected chi connectivity index (χ2v) is 6.30. The highest BCUT2D eigenvalue weighted by molar-refractivity contribution is 6.35. The SMILES string of the molecule is Clc1ccc(OCc2c(Cl)ccc3cc(Cl)cnc23)c(Cl)c1. The molecule has 2 aromatic carbocycles. The van der Waals surface area contributed by atoms with Gasteiger partial charge in [0.05, 0.1) is 15.6 Å². The molecule has 0 saturated carbocycles. The van der Waals surface area contributed by atoms with Crippen LogP contribution in [0.5, 0.6) is 5.75 Å². The van der Waals surface area contributed by atoms with Crippen molar-refractivity contribution < 1.29 is 4.74 Å². The molecule has 0 aliphatic rings. The summed E-state index contributed by atoms with van der Waals surface area (Å²) < 4.78 is 5.75. The number of hydrogen-bond acceptors (Lipinski definition) is 2. The van der Waals surface area contributed by atoms with Crippen LogP contribution in [0.15, 0.2) is 42.6 Å². The van der Waals surface area contributed by atoms with Gasteiger partial charge in [0, 0.05) is 27.2 Å². The van der Waals surface area contributed by atoms with Crippen LogP contribution in [0.3, 0.4) is 0 Å². The summed E-state index contributed by atoms with van der Waals surface area (Å²) in [6.07, 6.45) is 1.58. The molecule has 0 N–H and O–H groups in total. The van der Waals surface area contributed by atoms with Gasteiger partial charge in [-0.1, -0.05) is 52.5 Å². The summed E-state index contributed by atoms with van der Waals surface area (Å²) in [5, 5.41) is 3.05. The van der Waals surface area contributed by atoms with Crippen LogP contribution in [0, 0.1) is 0 Å². The highest BCUT2D eigenvalue weighted by Crippen LogP contribution is 2.31. The Morgan fingerprint density at radius 2 is 1.68 bits per heavy atom. The molecule has 3 rings (SSSR count). The van der Waals surface area contributed by atoms with Gasteiger partial charge in [0.15, 0.2) is 0 Å². The zero-order chi connectivity index (χ0) is 15.7. The van der Waals surface area contributed by atoms with Crippen molar-refractivity contribution in [3.05, 3.63) is 68.2 Å². The third-order valence-electron chi connectivity index (χ3n) is 3.13. The van der Waals surface area contributed by atoms with Gasteiger partial charge in [0.2, 0.25) is 0 Å². The molecule has 0 unspecified atom stereocenters. The number of fused-ring (bicyclic) bond motifs is 1. The minimum atomic E-state index is 0.242. The van der Waals surface area contributed by atoms with E-state index < -0.39 is 0 Å². The number of halogens is 4. The first-order valence-corrected chi connectivity index (χ1v) is 7.86. The van der Waals surface area contributed by atoms with Gasteiger partial charge in [-0.3, -0.25) is 4.98 Å². The lowest BCUT2D eigenvalue weighted by Gasteiger charge is -2.11. The maximum Gasteiger partial charge on any atom is 0.138 e. The third-order valence-corrected chi connectivity index (χ3v) is 4.22. The third kappa shape index (κ3) is 3.26. The monoisotopic (exact) mass is 371 g/mol. The summed E-state index contributed by atoms with van der Waals surface area (Å²) in [6, 6.07) is 10.6. The molecule has 0 amide bonds. The molecule has 22 heavy (non-hydrogen) atoms. The zero-order valence-corrected chi connectivity index (χ0v) is 14.1. The highest BCUT2D eigenvalue weighted by atomic mass is 35.5. The predicted molar refractivity (Wildman–Crippen MR) is 92.6 cm³/mol. The van der Waals surface area contributed by atoms with Crippen LogP contribution in [-0.4, -0.2) is 4.98 Å². The van der Waals surface area contributed by atoms with Gasteiger partial charge < -0.3 is 4.74 Å². The van der Waals surface area contributed by atoms with E-state index in [1.807, 2.05) is 12.1 Å². The number of benzene rings is 2. The van der Waals surface area contributed by atoms with E-state index in [4.69, 9.17) is 51.1 Å². The molecule has 1 heterocycles. The Kier molecular flexibility index (Phi) is 4.65. The van der Waals surface area contributed by atoms with Gasteiger partial charge >= 0.3 is 0 Å². The van der Waals surface area contributed by atoms with Crippen molar-refractivity contribution in [1.29, 1.82) is 0 Å². The van der Waals surface area contributed by atoms with Crippen LogP contribution in [0.4, 0.5) is 0 Å². The van der Waals surface area contributed by atoms with E-state index in [0.29, 0.717) is 25.8 Å². The van der Waals surface area contributed by atoms with Crippen LogP contribution in [-0.2, 0) is 6.61 Å². The Morgan fingerprint density at radius 3 is 2.45 bits per heavy atom. The fourth-order valence-corrected chi connectivity index (χ4v) is 2.93. The minimum absolute atomic E-state index is 0.242. The van der Waals surface area contributed by atoms with Crippen molar-refractivity contribution in [3.8, 4) is 5.75 Å². The largest absolute Gasteiger partial charge is 0.487 e. The zero-order valence-electron chi connectivity index (χ0n) is 11.1. The average Bonchev–Trinajstić information content (AvgIpc) is 2.48. The number of aromatic nitrogens is 1. The molecule has 0 aliphatic heterocycles. The molecule has 0 fully saturated rings. The molecular weight excluding hydrogens is 364 g/mol. The summed E-state index contributed by atoms with van der Waals surface area (Å²) in [5.41, 5.74) is 1.53. The van der Waals surface area contributed by atoms with Gasteiger partial charge in [-0.2, -0.15) is 0 Å². The van der Waals surface area contributed by atoms with E-state index in [9.17, 15) is 0 Å². The molecule has 0 spiro atoms. The average molecular weight is 373 g/mol. The maximum absolute atomic E-state index is 6.27. The van der Waals surface area contributed by atoms with Crippen molar-refractivity contribution in [2.24, 2.45) is 0 Å². The summed E-state index contributed by atoms with van der Waals surface area (Å²) in [6.45, 7) is 0.242. The van der Waals surface area contributed by atoms with Crippen LogP contribution < -0.4 is 4.74 Å². The Bertz CT molecular complexity index is 851. The number of rotatable bonds is 3. The Labute approximate surface area is 147 Å². The highest BCUT2D eigenvalue weighted by Gasteiger charge is 2.10. The molecule has 0 saturated heterocycles. The first-order valence-electron chi connectivity index (χ1n) is 6.35. The molecule has 1 aromatic heterocycles. The number of hydrogen-bond donors (Lipinski definition) is 0. The molecule has 0 aliphatic carbocycles. The Morgan fingerprint density at radius 1 is 0.864 bits per heavy atom. The van der Waals surface area contributed by atoms with Crippen molar-refractivity contribution in [1.82, 2.24) is 4.98 Å². The van der Waals surface area contributed by atoms with Crippen LogP contribution in [0.1, 0.15) is 5.56 Å². The van der Waals surface area contributed by atoms with Gasteiger partial charge in [-0.05, 0) is 30.3 Å². The van der Waals surface area contributed by atoms with Crippen molar-refractivity contribution in [2.75, 3.05) is 0 Å². The number of nitrogens with zero attached hydrogens (tertiary/aromatic N) is 1. The maximum atomic E-state index is 6.27. The molecule has 0 atom stereocenters. The molecule has 0 radical (unpaired) electrons. The van der Waals surface area contributed by atoms with Crippen LogP contribution in [0.25, 0.3) is 10.9 Å². The van der Waals surface area contributed by atoms with Gasteiger partial charge in [0.25, 0.3) is 0 Å². The standard InChI is InChI=1S/C16H9Cl4NO/c17-10-2-4-15(14(20)6-10)22-8-12-13(19)3-1-9-5-11(18)7-21-16(9)12/h1-7H,8H2.